The third-order valence-electron chi connectivity index (χ3n) is 3.97. The van der Waals surface area contributed by atoms with Crippen LogP contribution >= 0.6 is 0 Å². The molecular weight excluding hydrogens is 253 g/mol. The number of aromatic nitrogens is 1. The molecule has 5 nitrogen and oxygen atoms in total. The first-order valence-corrected chi connectivity index (χ1v) is 6.70. The number of hydrogen-bond donors (Lipinski definition) is 1. The zero-order valence-electron chi connectivity index (χ0n) is 12.7. The van der Waals surface area contributed by atoms with Crippen molar-refractivity contribution in [3.05, 3.63) is 23.5 Å². The van der Waals surface area contributed by atoms with Crippen LogP contribution in [-0.2, 0) is 15.9 Å². The highest BCUT2D eigenvalue weighted by molar-refractivity contribution is 6.62. The van der Waals surface area contributed by atoms with E-state index in [1.54, 1.807) is 6.20 Å². The average molecular weight is 273 g/mol. The molecule has 0 unspecified atom stereocenters. The van der Waals surface area contributed by atoms with Crippen LogP contribution < -0.4 is 10.8 Å². The van der Waals surface area contributed by atoms with Crippen LogP contribution in [-0.4, -0.2) is 30.4 Å². The van der Waals surface area contributed by atoms with Gasteiger partial charge in [-0.05, 0) is 40.3 Å². The van der Waals surface area contributed by atoms with Gasteiger partial charge in [0.05, 0.1) is 11.2 Å². The van der Waals surface area contributed by atoms with Crippen LogP contribution in [0.25, 0.3) is 0 Å². The van der Waals surface area contributed by atoms with Gasteiger partial charge in [-0.15, -0.1) is 0 Å². The number of nitrogens with zero attached hydrogens (tertiary/aromatic N) is 2. The fourth-order valence-electron chi connectivity index (χ4n) is 2.07. The SMILES string of the molecule is CNCc1cnc(C#N)c(B2OC(C)(C)C(C)(C)O2)c1. The predicted molar refractivity (Wildman–Crippen MR) is 77.4 cm³/mol. The van der Waals surface area contributed by atoms with E-state index in [9.17, 15) is 5.26 Å². The molecule has 1 fully saturated rings. The second-order valence-corrected chi connectivity index (χ2v) is 6.01. The van der Waals surface area contributed by atoms with E-state index in [-0.39, 0.29) is 0 Å². The molecule has 0 radical (unpaired) electrons. The van der Waals surface area contributed by atoms with Crippen LogP contribution in [0, 0.1) is 11.3 Å². The Bertz CT molecular complexity index is 536. The van der Waals surface area contributed by atoms with Crippen LogP contribution in [0.4, 0.5) is 0 Å². The smallest absolute Gasteiger partial charge is 0.399 e. The highest BCUT2D eigenvalue weighted by atomic mass is 16.7. The van der Waals surface area contributed by atoms with E-state index in [0.717, 1.165) is 5.56 Å². The number of nitrogens with one attached hydrogen (secondary N) is 1. The molecule has 0 amide bonds. The lowest BCUT2D eigenvalue weighted by molar-refractivity contribution is 0.00578. The van der Waals surface area contributed by atoms with Crippen LogP contribution in [0.5, 0.6) is 0 Å². The van der Waals surface area contributed by atoms with Crippen LogP contribution in [0.3, 0.4) is 0 Å². The predicted octanol–water partition coefficient (Wildman–Crippen LogP) is 0.972. The van der Waals surface area contributed by atoms with Crippen LogP contribution in [0.2, 0.25) is 0 Å². The molecule has 1 aromatic rings. The minimum absolute atomic E-state index is 0.350. The molecule has 1 N–H and O–H groups in total. The van der Waals surface area contributed by atoms with Crippen LogP contribution in [0.1, 0.15) is 39.0 Å². The summed E-state index contributed by atoms with van der Waals surface area (Å²) >= 11 is 0. The minimum atomic E-state index is -0.557. The van der Waals surface area contributed by atoms with Gasteiger partial charge in [-0.1, -0.05) is 6.07 Å². The van der Waals surface area contributed by atoms with E-state index in [4.69, 9.17) is 9.31 Å². The summed E-state index contributed by atoms with van der Waals surface area (Å²) in [7, 11) is 1.31. The molecule has 1 aliphatic heterocycles. The summed E-state index contributed by atoms with van der Waals surface area (Å²) in [6.07, 6.45) is 1.70. The first kappa shape index (κ1) is 15.0. The van der Waals surface area contributed by atoms with Gasteiger partial charge in [-0.25, -0.2) is 4.98 Å². The molecule has 1 saturated heterocycles. The molecule has 1 aliphatic rings. The summed E-state index contributed by atoms with van der Waals surface area (Å²) in [6, 6.07) is 4.03. The van der Waals surface area contributed by atoms with Gasteiger partial charge in [-0.3, -0.25) is 0 Å². The highest BCUT2D eigenvalue weighted by Crippen LogP contribution is 2.36. The first-order valence-electron chi connectivity index (χ1n) is 6.70. The summed E-state index contributed by atoms with van der Waals surface area (Å²) in [6.45, 7) is 8.65. The van der Waals surface area contributed by atoms with Gasteiger partial charge in [0.15, 0.2) is 0 Å². The Morgan fingerprint density at radius 3 is 2.40 bits per heavy atom. The van der Waals surface area contributed by atoms with E-state index >= 15 is 0 Å². The molecule has 1 aromatic heterocycles. The van der Waals surface area contributed by atoms with Gasteiger partial charge in [0.2, 0.25) is 0 Å². The van der Waals surface area contributed by atoms with E-state index in [2.05, 4.69) is 16.4 Å². The Morgan fingerprint density at radius 2 is 1.90 bits per heavy atom. The largest absolute Gasteiger partial charge is 0.497 e. The van der Waals surface area contributed by atoms with Crippen molar-refractivity contribution in [1.29, 1.82) is 5.26 Å². The molecule has 20 heavy (non-hydrogen) atoms. The van der Waals surface area contributed by atoms with E-state index in [1.807, 2.05) is 40.8 Å². The molecule has 0 aromatic carbocycles. The number of pyridine rings is 1. The minimum Gasteiger partial charge on any atom is -0.399 e. The van der Waals surface area contributed by atoms with Crippen molar-refractivity contribution in [3.8, 4) is 6.07 Å². The van der Waals surface area contributed by atoms with E-state index in [0.29, 0.717) is 17.7 Å². The molecule has 106 valence electrons. The number of hydrogen-bond acceptors (Lipinski definition) is 5. The van der Waals surface area contributed by atoms with Gasteiger partial charge in [0, 0.05) is 18.2 Å². The molecular formula is C14H20BN3O2. The van der Waals surface area contributed by atoms with Gasteiger partial charge in [0.25, 0.3) is 0 Å². The molecule has 0 saturated carbocycles. The molecule has 0 atom stereocenters. The van der Waals surface area contributed by atoms with Crippen molar-refractivity contribution in [1.82, 2.24) is 10.3 Å². The second kappa shape index (κ2) is 5.17. The van der Waals surface area contributed by atoms with E-state index < -0.39 is 18.3 Å². The summed E-state index contributed by atoms with van der Waals surface area (Å²) in [4.78, 5) is 4.19. The van der Waals surface area contributed by atoms with Crippen molar-refractivity contribution in [2.45, 2.75) is 45.4 Å². The molecule has 0 spiro atoms. The number of rotatable bonds is 3. The van der Waals surface area contributed by atoms with Crippen molar-refractivity contribution in [3.63, 3.8) is 0 Å². The van der Waals surface area contributed by atoms with Crippen molar-refractivity contribution in [2.75, 3.05) is 7.05 Å². The van der Waals surface area contributed by atoms with Gasteiger partial charge >= 0.3 is 7.12 Å². The molecule has 2 rings (SSSR count). The Balaban J connectivity index is 2.38. The third kappa shape index (κ3) is 2.57. The lowest BCUT2D eigenvalue weighted by Gasteiger charge is -2.32. The Labute approximate surface area is 120 Å². The highest BCUT2D eigenvalue weighted by Gasteiger charge is 2.52. The fourth-order valence-corrected chi connectivity index (χ4v) is 2.07. The standard InChI is InChI=1S/C14H20BN3O2/c1-13(2)14(3,4)20-15(19-13)11-6-10(8-17-5)9-18-12(11)7-16/h6,9,17H,8H2,1-5H3. The quantitative estimate of drug-likeness (QED) is 0.831. The zero-order valence-corrected chi connectivity index (χ0v) is 12.7. The molecule has 2 heterocycles. The Kier molecular flexibility index (Phi) is 3.87. The maximum atomic E-state index is 9.22. The summed E-state index contributed by atoms with van der Waals surface area (Å²) < 4.78 is 12.0. The van der Waals surface area contributed by atoms with Crippen LogP contribution in [0.15, 0.2) is 12.3 Å². The molecule has 0 aliphatic carbocycles. The average Bonchev–Trinajstić information content (AvgIpc) is 2.59. The fraction of sp³-hybridized carbons (Fsp3) is 0.571. The summed E-state index contributed by atoms with van der Waals surface area (Å²) in [5.41, 5.74) is 1.19. The molecule has 0 bridgehead atoms. The lowest BCUT2D eigenvalue weighted by Crippen LogP contribution is -2.41. The topological polar surface area (TPSA) is 67.2 Å². The number of nitriles is 1. The van der Waals surface area contributed by atoms with Gasteiger partial charge < -0.3 is 14.6 Å². The zero-order chi connectivity index (χ0) is 15.0. The molecule has 6 heteroatoms. The summed E-state index contributed by atoms with van der Waals surface area (Å²) in [5, 5.41) is 12.3. The van der Waals surface area contributed by atoms with Crippen molar-refractivity contribution in [2.24, 2.45) is 0 Å². The Hall–Kier alpha value is -1.42. The third-order valence-corrected chi connectivity index (χ3v) is 3.97. The van der Waals surface area contributed by atoms with Crippen molar-refractivity contribution < 1.29 is 9.31 Å². The second-order valence-electron chi connectivity index (χ2n) is 6.01. The van der Waals surface area contributed by atoms with Gasteiger partial charge in [0.1, 0.15) is 11.8 Å². The monoisotopic (exact) mass is 273 g/mol. The maximum Gasteiger partial charge on any atom is 0.497 e. The van der Waals surface area contributed by atoms with Gasteiger partial charge in [-0.2, -0.15) is 5.26 Å². The van der Waals surface area contributed by atoms with Crippen molar-refractivity contribution >= 4 is 12.6 Å². The summed E-state index contributed by atoms with van der Waals surface area (Å²) in [5.74, 6) is 0. The maximum absolute atomic E-state index is 9.22. The lowest BCUT2D eigenvalue weighted by atomic mass is 9.77. The normalized spacial score (nSPS) is 19.9. The first-order chi connectivity index (χ1) is 9.30. The Morgan fingerprint density at radius 1 is 1.30 bits per heavy atom. The van der Waals surface area contributed by atoms with E-state index in [1.165, 1.54) is 0 Å².